The van der Waals surface area contributed by atoms with Gasteiger partial charge in [0.15, 0.2) is 5.82 Å². The van der Waals surface area contributed by atoms with Crippen molar-refractivity contribution in [3.63, 3.8) is 0 Å². The van der Waals surface area contributed by atoms with Crippen LogP contribution in [0.15, 0.2) is 42.0 Å². The van der Waals surface area contributed by atoms with Crippen molar-refractivity contribution in [1.82, 2.24) is 15.2 Å². The highest BCUT2D eigenvalue weighted by Gasteiger charge is 2.24. The lowest BCUT2D eigenvalue weighted by Gasteiger charge is -2.29. The minimum Gasteiger partial charge on any atom is -0.391 e. The van der Waals surface area contributed by atoms with Crippen LogP contribution in [0.2, 0.25) is 0 Å². The Labute approximate surface area is 165 Å². The summed E-state index contributed by atoms with van der Waals surface area (Å²) in [6, 6.07) is 7.50. The number of pyridine rings is 1. The van der Waals surface area contributed by atoms with Crippen LogP contribution in [-0.4, -0.2) is 32.4 Å². The summed E-state index contributed by atoms with van der Waals surface area (Å²) < 4.78 is 14.7. The fourth-order valence-electron chi connectivity index (χ4n) is 3.92. The van der Waals surface area contributed by atoms with E-state index >= 15 is 0 Å². The summed E-state index contributed by atoms with van der Waals surface area (Å²) in [6.45, 7) is 0. The standard InChI is InChI=1S/C21H19FN4OS/c22-16-11-28-19-9-12(5-6-14(16)19)20-13-7-8-23-10-15(13)21(26-25-20)24-17-3-1-2-4-18(17)27/h5-11,17-18,27H,1-4H2,(H,24,26)/t17-,18-/m1/s1. The molecule has 7 heteroatoms. The van der Waals surface area contributed by atoms with Crippen molar-refractivity contribution < 1.29 is 9.50 Å². The molecule has 1 fully saturated rings. The number of fused-ring (bicyclic) bond motifs is 2. The topological polar surface area (TPSA) is 70.9 Å². The number of nitrogens with one attached hydrogen (secondary N) is 1. The molecule has 0 spiro atoms. The number of thiophene rings is 1. The Morgan fingerprint density at radius 2 is 1.96 bits per heavy atom. The third kappa shape index (κ3) is 3.00. The third-order valence-electron chi connectivity index (χ3n) is 5.43. The van der Waals surface area contributed by atoms with Crippen molar-refractivity contribution in [2.45, 2.75) is 37.8 Å². The lowest BCUT2D eigenvalue weighted by molar-refractivity contribution is 0.116. The van der Waals surface area contributed by atoms with Crippen LogP contribution >= 0.6 is 11.3 Å². The van der Waals surface area contributed by atoms with Gasteiger partial charge in [0, 0.05) is 44.2 Å². The molecule has 4 aromatic rings. The van der Waals surface area contributed by atoms with E-state index in [0.29, 0.717) is 11.2 Å². The van der Waals surface area contributed by atoms with Crippen LogP contribution in [0.5, 0.6) is 0 Å². The van der Waals surface area contributed by atoms with E-state index in [2.05, 4.69) is 20.5 Å². The zero-order valence-electron chi connectivity index (χ0n) is 15.1. The third-order valence-corrected chi connectivity index (χ3v) is 6.35. The Hall–Kier alpha value is -2.64. The zero-order chi connectivity index (χ0) is 19.1. The molecule has 5 nitrogen and oxygen atoms in total. The van der Waals surface area contributed by atoms with Crippen molar-refractivity contribution in [2.24, 2.45) is 0 Å². The number of halogens is 1. The minimum atomic E-state index is -0.377. The molecule has 1 saturated carbocycles. The van der Waals surface area contributed by atoms with Crippen LogP contribution in [0.4, 0.5) is 10.2 Å². The molecule has 3 heterocycles. The molecule has 1 aromatic carbocycles. The van der Waals surface area contributed by atoms with E-state index in [1.807, 2.05) is 18.2 Å². The molecular formula is C21H19FN4OS. The van der Waals surface area contributed by atoms with Crippen molar-refractivity contribution >= 4 is 38.0 Å². The van der Waals surface area contributed by atoms with Gasteiger partial charge in [0.05, 0.1) is 12.1 Å². The molecule has 1 aliphatic rings. The van der Waals surface area contributed by atoms with E-state index in [1.54, 1.807) is 18.5 Å². The molecule has 28 heavy (non-hydrogen) atoms. The number of aromatic nitrogens is 3. The van der Waals surface area contributed by atoms with Gasteiger partial charge in [-0.25, -0.2) is 4.39 Å². The van der Waals surface area contributed by atoms with E-state index in [1.165, 1.54) is 16.7 Å². The van der Waals surface area contributed by atoms with Gasteiger partial charge in [0.1, 0.15) is 11.5 Å². The van der Waals surface area contributed by atoms with Crippen LogP contribution in [-0.2, 0) is 0 Å². The first kappa shape index (κ1) is 17.5. The molecule has 0 bridgehead atoms. The van der Waals surface area contributed by atoms with Crippen molar-refractivity contribution in [2.75, 3.05) is 5.32 Å². The lowest BCUT2D eigenvalue weighted by Crippen LogP contribution is -2.36. The fourth-order valence-corrected chi connectivity index (χ4v) is 4.76. The van der Waals surface area contributed by atoms with Gasteiger partial charge in [-0.15, -0.1) is 21.5 Å². The maximum atomic E-state index is 13.8. The van der Waals surface area contributed by atoms with E-state index in [4.69, 9.17) is 0 Å². The summed E-state index contributed by atoms with van der Waals surface area (Å²) in [4.78, 5) is 4.26. The Balaban J connectivity index is 1.58. The number of aliphatic hydroxyl groups excluding tert-OH is 1. The number of hydrogen-bond donors (Lipinski definition) is 2. The highest BCUT2D eigenvalue weighted by atomic mass is 32.1. The summed E-state index contributed by atoms with van der Waals surface area (Å²) in [6.07, 6.45) is 6.98. The van der Waals surface area contributed by atoms with E-state index < -0.39 is 0 Å². The summed E-state index contributed by atoms with van der Waals surface area (Å²) in [5.74, 6) is 0.443. The Kier molecular flexibility index (Phi) is 4.41. The largest absolute Gasteiger partial charge is 0.391 e. The molecule has 1 aliphatic carbocycles. The van der Waals surface area contributed by atoms with Crippen LogP contribution in [0.25, 0.3) is 32.1 Å². The first-order valence-electron chi connectivity index (χ1n) is 9.43. The first-order chi connectivity index (χ1) is 13.7. The van der Waals surface area contributed by atoms with E-state index in [-0.39, 0.29) is 18.0 Å². The predicted octanol–water partition coefficient (Wildman–Crippen LogP) is 4.76. The maximum Gasteiger partial charge on any atom is 0.158 e. The van der Waals surface area contributed by atoms with E-state index in [0.717, 1.165) is 52.4 Å². The summed E-state index contributed by atoms with van der Waals surface area (Å²) in [5, 5.41) is 26.5. The summed E-state index contributed by atoms with van der Waals surface area (Å²) in [5.41, 5.74) is 1.63. The SMILES string of the molecule is O[C@@H]1CCCC[C@H]1Nc1nnc(-c2ccc3c(F)csc3c2)c2ccncc12. The normalized spacial score (nSPS) is 19.9. The maximum absolute atomic E-state index is 13.8. The van der Waals surface area contributed by atoms with E-state index in [9.17, 15) is 9.50 Å². The fraction of sp³-hybridized carbons (Fsp3) is 0.286. The molecule has 0 radical (unpaired) electrons. The van der Waals surface area contributed by atoms with Gasteiger partial charge in [-0.2, -0.15) is 0 Å². The highest BCUT2D eigenvalue weighted by molar-refractivity contribution is 7.17. The smallest absolute Gasteiger partial charge is 0.158 e. The second kappa shape index (κ2) is 7.07. The number of hydrogen-bond acceptors (Lipinski definition) is 6. The molecule has 2 atom stereocenters. The van der Waals surface area contributed by atoms with Gasteiger partial charge in [-0.05, 0) is 31.0 Å². The van der Waals surface area contributed by atoms with Crippen LogP contribution in [0.3, 0.4) is 0 Å². The summed E-state index contributed by atoms with van der Waals surface area (Å²) in [7, 11) is 0. The van der Waals surface area contributed by atoms with Gasteiger partial charge < -0.3 is 10.4 Å². The average molecular weight is 394 g/mol. The van der Waals surface area contributed by atoms with Crippen LogP contribution in [0, 0.1) is 5.82 Å². The average Bonchev–Trinajstić information content (AvgIpc) is 3.10. The monoisotopic (exact) mass is 394 g/mol. The molecule has 5 rings (SSSR count). The Morgan fingerprint density at radius 3 is 2.86 bits per heavy atom. The number of benzene rings is 1. The van der Waals surface area contributed by atoms with Crippen molar-refractivity contribution in [1.29, 1.82) is 0 Å². The number of rotatable bonds is 3. The Bertz CT molecular complexity index is 1160. The molecule has 0 unspecified atom stereocenters. The molecule has 0 amide bonds. The Morgan fingerprint density at radius 1 is 1.07 bits per heavy atom. The number of anilines is 1. The van der Waals surface area contributed by atoms with Gasteiger partial charge in [0.2, 0.25) is 0 Å². The predicted molar refractivity (Wildman–Crippen MR) is 110 cm³/mol. The molecule has 3 aromatic heterocycles. The first-order valence-corrected chi connectivity index (χ1v) is 10.3. The van der Waals surface area contributed by atoms with Gasteiger partial charge >= 0.3 is 0 Å². The molecule has 0 aliphatic heterocycles. The van der Waals surface area contributed by atoms with Crippen LogP contribution in [0.1, 0.15) is 25.7 Å². The minimum absolute atomic E-state index is 0.0252. The number of nitrogens with zero attached hydrogens (tertiary/aromatic N) is 3. The summed E-state index contributed by atoms with van der Waals surface area (Å²) >= 11 is 1.38. The second-order valence-corrected chi connectivity index (χ2v) is 8.13. The molecule has 0 saturated heterocycles. The quantitative estimate of drug-likeness (QED) is 0.524. The molecule has 2 N–H and O–H groups in total. The zero-order valence-corrected chi connectivity index (χ0v) is 15.9. The van der Waals surface area contributed by atoms with Crippen molar-refractivity contribution in [3.05, 3.63) is 47.9 Å². The van der Waals surface area contributed by atoms with Gasteiger partial charge in [-0.1, -0.05) is 18.9 Å². The van der Waals surface area contributed by atoms with Gasteiger partial charge in [0.25, 0.3) is 0 Å². The van der Waals surface area contributed by atoms with Crippen LogP contribution < -0.4 is 5.32 Å². The molecular weight excluding hydrogens is 375 g/mol. The van der Waals surface area contributed by atoms with Crippen molar-refractivity contribution in [3.8, 4) is 11.3 Å². The van der Waals surface area contributed by atoms with Gasteiger partial charge in [-0.3, -0.25) is 4.98 Å². The number of aliphatic hydroxyl groups is 1. The second-order valence-electron chi connectivity index (χ2n) is 7.22. The molecule has 142 valence electrons. The highest BCUT2D eigenvalue weighted by Crippen LogP contribution is 2.34. The lowest BCUT2D eigenvalue weighted by atomic mass is 9.92.